The third-order valence-corrected chi connectivity index (χ3v) is 5.59. The van der Waals surface area contributed by atoms with E-state index in [2.05, 4.69) is 0 Å². The first-order valence-electron chi connectivity index (χ1n) is 10.6. The van der Waals surface area contributed by atoms with Crippen molar-refractivity contribution in [3.8, 4) is 11.5 Å². The van der Waals surface area contributed by atoms with Crippen molar-refractivity contribution in [2.45, 2.75) is 6.92 Å². The van der Waals surface area contributed by atoms with Gasteiger partial charge in [-0.05, 0) is 53.6 Å². The van der Waals surface area contributed by atoms with Gasteiger partial charge in [-0.3, -0.25) is 0 Å². The van der Waals surface area contributed by atoms with Crippen LogP contribution in [0.5, 0.6) is 11.5 Å². The van der Waals surface area contributed by atoms with E-state index in [0.29, 0.717) is 28.2 Å². The van der Waals surface area contributed by atoms with Crippen molar-refractivity contribution in [2.24, 2.45) is 0 Å². The molecule has 0 amide bonds. The van der Waals surface area contributed by atoms with E-state index in [1.165, 1.54) is 0 Å². The smallest absolute Gasteiger partial charge is 0.343 e. The topological polar surface area (TPSA) is 52.6 Å². The highest BCUT2D eigenvalue weighted by Crippen LogP contribution is 2.28. The fourth-order valence-corrected chi connectivity index (χ4v) is 3.90. The molecular formula is C29H20O4. The van der Waals surface area contributed by atoms with Crippen molar-refractivity contribution in [3.05, 3.63) is 120 Å². The number of fused-ring (bicyclic) bond motifs is 2. The zero-order valence-electron chi connectivity index (χ0n) is 17.9. The first-order valence-corrected chi connectivity index (χ1v) is 10.6. The Hall–Kier alpha value is -4.44. The third kappa shape index (κ3) is 4.06. The van der Waals surface area contributed by atoms with E-state index >= 15 is 0 Å². The van der Waals surface area contributed by atoms with Crippen LogP contribution in [-0.4, -0.2) is 11.9 Å². The third-order valence-electron chi connectivity index (χ3n) is 5.59. The van der Waals surface area contributed by atoms with E-state index in [-0.39, 0.29) is 0 Å². The first-order chi connectivity index (χ1) is 16.1. The summed E-state index contributed by atoms with van der Waals surface area (Å²) in [4.78, 5) is 25.6. The molecule has 0 spiro atoms. The summed E-state index contributed by atoms with van der Waals surface area (Å²) in [5, 5.41) is 3.71. The van der Waals surface area contributed by atoms with Gasteiger partial charge in [0.1, 0.15) is 11.5 Å². The van der Waals surface area contributed by atoms with Crippen LogP contribution >= 0.6 is 0 Å². The SMILES string of the molecule is Cc1cc(C(=O)Oc2cccc3ccccc23)ccc1C(=O)Oc1cccc2ccccc12. The molecule has 5 rings (SSSR count). The van der Waals surface area contributed by atoms with Crippen molar-refractivity contribution in [1.82, 2.24) is 0 Å². The second-order valence-electron chi connectivity index (χ2n) is 7.76. The highest BCUT2D eigenvalue weighted by atomic mass is 16.5. The van der Waals surface area contributed by atoms with Gasteiger partial charge in [-0.1, -0.05) is 72.8 Å². The van der Waals surface area contributed by atoms with Crippen LogP contribution in [-0.2, 0) is 0 Å². The Morgan fingerprint density at radius 3 is 1.67 bits per heavy atom. The average Bonchev–Trinajstić information content (AvgIpc) is 2.84. The molecule has 5 aromatic rings. The Morgan fingerprint density at radius 1 is 0.576 bits per heavy atom. The lowest BCUT2D eigenvalue weighted by atomic mass is 10.0. The highest BCUT2D eigenvalue weighted by Gasteiger charge is 2.17. The Labute approximate surface area is 191 Å². The van der Waals surface area contributed by atoms with Gasteiger partial charge in [-0.25, -0.2) is 9.59 Å². The summed E-state index contributed by atoms with van der Waals surface area (Å²) >= 11 is 0. The summed E-state index contributed by atoms with van der Waals surface area (Å²) in [5.41, 5.74) is 1.39. The van der Waals surface area contributed by atoms with Gasteiger partial charge in [0.15, 0.2) is 0 Å². The molecule has 0 unspecified atom stereocenters. The van der Waals surface area contributed by atoms with Crippen molar-refractivity contribution in [3.63, 3.8) is 0 Å². The number of benzene rings is 5. The molecule has 0 bridgehead atoms. The standard InChI is InChI=1S/C29H20O4/c1-19-18-22(28(30)32-26-14-6-10-20-8-2-4-12-24(20)26)16-17-23(19)29(31)33-27-15-7-11-21-9-3-5-13-25(21)27/h2-18H,1H3. The molecule has 5 aromatic carbocycles. The van der Waals surface area contributed by atoms with Crippen molar-refractivity contribution in [1.29, 1.82) is 0 Å². The molecule has 0 fully saturated rings. The van der Waals surface area contributed by atoms with E-state index in [4.69, 9.17) is 9.47 Å². The Morgan fingerprint density at radius 2 is 1.09 bits per heavy atom. The molecule has 0 aromatic heterocycles. The van der Waals surface area contributed by atoms with Crippen LogP contribution in [0.25, 0.3) is 21.5 Å². The lowest BCUT2D eigenvalue weighted by Gasteiger charge is -2.11. The molecule has 4 heteroatoms. The average molecular weight is 432 g/mol. The lowest BCUT2D eigenvalue weighted by Crippen LogP contribution is -2.13. The minimum absolute atomic E-state index is 0.363. The molecule has 0 N–H and O–H groups in total. The molecule has 0 aliphatic rings. The number of hydrogen-bond donors (Lipinski definition) is 0. The molecule has 0 saturated heterocycles. The summed E-state index contributed by atoms with van der Waals surface area (Å²) in [6.45, 7) is 1.77. The molecule has 4 nitrogen and oxygen atoms in total. The van der Waals surface area contributed by atoms with Crippen LogP contribution in [0, 0.1) is 6.92 Å². The summed E-state index contributed by atoms with van der Waals surface area (Å²) in [7, 11) is 0. The van der Waals surface area contributed by atoms with Crippen LogP contribution in [0.3, 0.4) is 0 Å². The number of ether oxygens (including phenoxy) is 2. The number of hydrogen-bond acceptors (Lipinski definition) is 4. The fourth-order valence-electron chi connectivity index (χ4n) is 3.90. The summed E-state index contributed by atoms with van der Waals surface area (Å²) in [6, 6.07) is 31.4. The maximum atomic E-state index is 12.9. The van der Waals surface area contributed by atoms with E-state index in [9.17, 15) is 9.59 Å². The van der Waals surface area contributed by atoms with Crippen LogP contribution in [0.15, 0.2) is 103 Å². The normalized spacial score (nSPS) is 10.8. The van der Waals surface area contributed by atoms with Crippen molar-refractivity contribution >= 4 is 33.5 Å². The van der Waals surface area contributed by atoms with E-state index < -0.39 is 11.9 Å². The van der Waals surface area contributed by atoms with Gasteiger partial charge in [0.25, 0.3) is 0 Å². The molecule has 0 heterocycles. The first kappa shape index (κ1) is 20.5. The maximum absolute atomic E-state index is 12.9. The fraction of sp³-hybridized carbons (Fsp3) is 0.0345. The van der Waals surface area contributed by atoms with Gasteiger partial charge in [-0.2, -0.15) is 0 Å². The second-order valence-corrected chi connectivity index (χ2v) is 7.76. The molecular weight excluding hydrogens is 412 g/mol. The quantitative estimate of drug-likeness (QED) is 0.233. The van der Waals surface area contributed by atoms with Crippen LogP contribution < -0.4 is 9.47 Å². The molecule has 0 aliphatic heterocycles. The number of carbonyl (C=O) groups excluding carboxylic acids is 2. The molecule has 0 radical (unpaired) electrons. The zero-order valence-corrected chi connectivity index (χ0v) is 17.9. The van der Waals surface area contributed by atoms with Crippen LogP contribution in [0.1, 0.15) is 26.3 Å². The Bertz CT molecular complexity index is 1510. The minimum Gasteiger partial charge on any atom is -0.422 e. The molecule has 33 heavy (non-hydrogen) atoms. The van der Waals surface area contributed by atoms with Gasteiger partial charge < -0.3 is 9.47 Å². The summed E-state index contributed by atoms with van der Waals surface area (Å²) < 4.78 is 11.3. The monoisotopic (exact) mass is 432 g/mol. The van der Waals surface area contributed by atoms with Crippen molar-refractivity contribution in [2.75, 3.05) is 0 Å². The summed E-state index contributed by atoms with van der Waals surface area (Å²) in [6.07, 6.45) is 0. The summed E-state index contributed by atoms with van der Waals surface area (Å²) in [5.74, 6) is 0.0355. The van der Waals surface area contributed by atoms with Gasteiger partial charge in [-0.15, -0.1) is 0 Å². The maximum Gasteiger partial charge on any atom is 0.343 e. The van der Waals surface area contributed by atoms with Crippen LogP contribution in [0.4, 0.5) is 0 Å². The molecule has 0 saturated carbocycles. The zero-order chi connectivity index (χ0) is 22.8. The minimum atomic E-state index is -0.483. The predicted octanol–water partition coefficient (Wildman–Crippen LogP) is 6.74. The number of aryl methyl sites for hydroxylation is 1. The molecule has 0 aliphatic carbocycles. The molecule has 0 atom stereocenters. The lowest BCUT2D eigenvalue weighted by molar-refractivity contribution is 0.0722. The highest BCUT2D eigenvalue weighted by molar-refractivity contribution is 5.99. The van der Waals surface area contributed by atoms with Gasteiger partial charge in [0.05, 0.1) is 11.1 Å². The predicted molar refractivity (Wildman–Crippen MR) is 129 cm³/mol. The Balaban J connectivity index is 1.37. The van der Waals surface area contributed by atoms with Gasteiger partial charge >= 0.3 is 11.9 Å². The second kappa shape index (κ2) is 8.60. The number of rotatable bonds is 4. The largest absolute Gasteiger partial charge is 0.422 e. The van der Waals surface area contributed by atoms with E-state index in [1.807, 2.05) is 72.8 Å². The number of carbonyl (C=O) groups is 2. The number of esters is 2. The van der Waals surface area contributed by atoms with Crippen molar-refractivity contribution < 1.29 is 19.1 Å². The molecule has 160 valence electrons. The van der Waals surface area contributed by atoms with Gasteiger partial charge in [0.2, 0.25) is 0 Å². The van der Waals surface area contributed by atoms with E-state index in [0.717, 1.165) is 21.5 Å². The van der Waals surface area contributed by atoms with Crippen LogP contribution in [0.2, 0.25) is 0 Å². The van der Waals surface area contributed by atoms with E-state index in [1.54, 1.807) is 37.3 Å². The van der Waals surface area contributed by atoms with Gasteiger partial charge in [0, 0.05) is 10.8 Å². The Kier molecular flexibility index (Phi) is 5.33.